The van der Waals surface area contributed by atoms with Gasteiger partial charge in [0.2, 0.25) is 0 Å². The standard InChI is InChI=1S/C18H29NO2/c1-12-6-8-17(13(2)10-12)19-14(3)16-11-15(20-4)7-9-18(16)21-5/h7,9,11-14,17,19H,6,8,10H2,1-5H3. The van der Waals surface area contributed by atoms with E-state index in [1.54, 1.807) is 14.2 Å². The lowest BCUT2D eigenvalue weighted by Gasteiger charge is -2.35. The summed E-state index contributed by atoms with van der Waals surface area (Å²) < 4.78 is 10.8. The Morgan fingerprint density at radius 3 is 2.52 bits per heavy atom. The smallest absolute Gasteiger partial charge is 0.123 e. The van der Waals surface area contributed by atoms with Crippen molar-refractivity contribution in [3.63, 3.8) is 0 Å². The lowest BCUT2D eigenvalue weighted by atomic mass is 9.79. The van der Waals surface area contributed by atoms with Crippen molar-refractivity contribution in [3.8, 4) is 11.5 Å². The molecule has 1 saturated carbocycles. The fourth-order valence-electron chi connectivity index (χ4n) is 3.50. The lowest BCUT2D eigenvalue weighted by Crippen LogP contribution is -2.40. The molecule has 1 fully saturated rings. The Kier molecular flexibility index (Phi) is 5.51. The summed E-state index contributed by atoms with van der Waals surface area (Å²) in [5.74, 6) is 3.39. The number of nitrogens with one attached hydrogen (secondary N) is 1. The van der Waals surface area contributed by atoms with Crippen molar-refractivity contribution in [1.29, 1.82) is 0 Å². The van der Waals surface area contributed by atoms with E-state index in [1.165, 1.54) is 24.8 Å². The van der Waals surface area contributed by atoms with Gasteiger partial charge in [0.1, 0.15) is 11.5 Å². The number of methoxy groups -OCH3 is 2. The molecule has 0 saturated heterocycles. The third-order valence-corrected chi connectivity index (χ3v) is 4.80. The number of rotatable bonds is 5. The first kappa shape index (κ1) is 16.2. The molecule has 3 heteroatoms. The fourth-order valence-corrected chi connectivity index (χ4v) is 3.50. The quantitative estimate of drug-likeness (QED) is 0.883. The summed E-state index contributed by atoms with van der Waals surface area (Å²) in [6.07, 6.45) is 3.91. The molecule has 3 nitrogen and oxygen atoms in total. The molecule has 1 aliphatic rings. The van der Waals surface area contributed by atoms with E-state index in [2.05, 4.69) is 32.2 Å². The van der Waals surface area contributed by atoms with Gasteiger partial charge in [-0.2, -0.15) is 0 Å². The maximum absolute atomic E-state index is 5.50. The molecule has 0 amide bonds. The normalized spacial score (nSPS) is 27.2. The van der Waals surface area contributed by atoms with Crippen molar-refractivity contribution in [2.45, 2.75) is 52.1 Å². The average molecular weight is 291 g/mol. The van der Waals surface area contributed by atoms with Crippen LogP contribution in [-0.4, -0.2) is 20.3 Å². The van der Waals surface area contributed by atoms with Crippen LogP contribution in [-0.2, 0) is 0 Å². The first-order chi connectivity index (χ1) is 10.0. The van der Waals surface area contributed by atoms with Gasteiger partial charge < -0.3 is 14.8 Å². The van der Waals surface area contributed by atoms with Gasteiger partial charge in [-0.15, -0.1) is 0 Å². The van der Waals surface area contributed by atoms with Crippen LogP contribution in [0.2, 0.25) is 0 Å². The second-order valence-corrected chi connectivity index (χ2v) is 6.50. The van der Waals surface area contributed by atoms with Crippen molar-refractivity contribution < 1.29 is 9.47 Å². The highest BCUT2D eigenvalue weighted by molar-refractivity contribution is 5.42. The van der Waals surface area contributed by atoms with Crippen LogP contribution in [0.25, 0.3) is 0 Å². The average Bonchev–Trinajstić information content (AvgIpc) is 2.49. The molecule has 4 atom stereocenters. The number of benzene rings is 1. The maximum atomic E-state index is 5.50. The van der Waals surface area contributed by atoms with E-state index in [9.17, 15) is 0 Å². The Balaban J connectivity index is 2.10. The van der Waals surface area contributed by atoms with E-state index in [0.717, 1.165) is 23.3 Å². The van der Waals surface area contributed by atoms with E-state index >= 15 is 0 Å². The van der Waals surface area contributed by atoms with Crippen LogP contribution in [0.5, 0.6) is 11.5 Å². The second kappa shape index (κ2) is 7.17. The summed E-state index contributed by atoms with van der Waals surface area (Å²) in [6.45, 7) is 6.94. The zero-order valence-corrected chi connectivity index (χ0v) is 14.0. The summed E-state index contributed by atoms with van der Waals surface area (Å²) in [7, 11) is 3.43. The summed E-state index contributed by atoms with van der Waals surface area (Å²) in [4.78, 5) is 0. The highest BCUT2D eigenvalue weighted by atomic mass is 16.5. The summed E-state index contributed by atoms with van der Waals surface area (Å²) in [5.41, 5.74) is 1.17. The molecule has 4 unspecified atom stereocenters. The molecule has 21 heavy (non-hydrogen) atoms. The van der Waals surface area contributed by atoms with Crippen molar-refractivity contribution >= 4 is 0 Å². The van der Waals surface area contributed by atoms with E-state index in [-0.39, 0.29) is 6.04 Å². The van der Waals surface area contributed by atoms with Crippen LogP contribution in [0.3, 0.4) is 0 Å². The van der Waals surface area contributed by atoms with E-state index in [1.807, 2.05) is 12.1 Å². The Morgan fingerprint density at radius 1 is 1.14 bits per heavy atom. The van der Waals surface area contributed by atoms with Crippen LogP contribution in [0.1, 0.15) is 51.6 Å². The van der Waals surface area contributed by atoms with Gasteiger partial charge in [0.25, 0.3) is 0 Å². The molecule has 1 N–H and O–H groups in total. The molecule has 0 spiro atoms. The van der Waals surface area contributed by atoms with Gasteiger partial charge in [-0.1, -0.05) is 13.8 Å². The highest BCUT2D eigenvalue weighted by Gasteiger charge is 2.27. The van der Waals surface area contributed by atoms with Crippen molar-refractivity contribution in [1.82, 2.24) is 5.32 Å². The van der Waals surface area contributed by atoms with Gasteiger partial charge in [0.15, 0.2) is 0 Å². The van der Waals surface area contributed by atoms with Crippen LogP contribution in [0.15, 0.2) is 18.2 Å². The van der Waals surface area contributed by atoms with E-state index in [4.69, 9.17) is 9.47 Å². The summed E-state index contributed by atoms with van der Waals surface area (Å²) in [6, 6.07) is 6.86. The fraction of sp³-hybridized carbons (Fsp3) is 0.667. The van der Waals surface area contributed by atoms with Crippen LogP contribution in [0, 0.1) is 11.8 Å². The van der Waals surface area contributed by atoms with E-state index in [0.29, 0.717) is 6.04 Å². The van der Waals surface area contributed by atoms with E-state index < -0.39 is 0 Å². The molecule has 0 radical (unpaired) electrons. The Bertz CT molecular complexity index is 461. The van der Waals surface area contributed by atoms with Gasteiger partial charge in [-0.3, -0.25) is 0 Å². The Hall–Kier alpha value is -1.22. The number of ether oxygens (including phenoxy) is 2. The molecule has 1 aliphatic carbocycles. The minimum atomic E-state index is 0.260. The predicted molar refractivity (Wildman–Crippen MR) is 87.1 cm³/mol. The zero-order valence-electron chi connectivity index (χ0n) is 14.0. The van der Waals surface area contributed by atoms with Gasteiger partial charge in [0, 0.05) is 17.6 Å². The number of hydrogen-bond acceptors (Lipinski definition) is 3. The van der Waals surface area contributed by atoms with Crippen LogP contribution >= 0.6 is 0 Å². The third kappa shape index (κ3) is 3.91. The molecule has 0 heterocycles. The molecular weight excluding hydrogens is 262 g/mol. The van der Waals surface area contributed by atoms with Gasteiger partial charge in [0.05, 0.1) is 14.2 Å². The van der Waals surface area contributed by atoms with Crippen LogP contribution in [0.4, 0.5) is 0 Å². The van der Waals surface area contributed by atoms with Crippen molar-refractivity contribution in [2.24, 2.45) is 11.8 Å². The van der Waals surface area contributed by atoms with Crippen molar-refractivity contribution in [2.75, 3.05) is 14.2 Å². The lowest BCUT2D eigenvalue weighted by molar-refractivity contribution is 0.215. The zero-order chi connectivity index (χ0) is 15.4. The molecule has 1 aromatic rings. The molecule has 2 rings (SSSR count). The maximum Gasteiger partial charge on any atom is 0.123 e. The minimum Gasteiger partial charge on any atom is -0.497 e. The summed E-state index contributed by atoms with van der Waals surface area (Å²) >= 11 is 0. The monoisotopic (exact) mass is 291 g/mol. The van der Waals surface area contributed by atoms with Crippen LogP contribution < -0.4 is 14.8 Å². The molecular formula is C18H29NO2. The number of hydrogen-bond donors (Lipinski definition) is 1. The van der Waals surface area contributed by atoms with Gasteiger partial charge in [-0.05, 0) is 56.2 Å². The predicted octanol–water partition coefficient (Wildman–Crippen LogP) is 4.18. The SMILES string of the molecule is COc1ccc(OC)c(C(C)NC2CCC(C)CC2C)c1. The molecule has 1 aromatic carbocycles. The van der Waals surface area contributed by atoms with Crippen molar-refractivity contribution in [3.05, 3.63) is 23.8 Å². The third-order valence-electron chi connectivity index (χ3n) is 4.80. The molecule has 0 aliphatic heterocycles. The Morgan fingerprint density at radius 2 is 1.90 bits per heavy atom. The molecule has 0 bridgehead atoms. The Labute approximate surface area is 129 Å². The molecule has 0 aromatic heterocycles. The largest absolute Gasteiger partial charge is 0.497 e. The second-order valence-electron chi connectivity index (χ2n) is 6.50. The van der Waals surface area contributed by atoms with Gasteiger partial charge >= 0.3 is 0 Å². The topological polar surface area (TPSA) is 30.5 Å². The molecule has 118 valence electrons. The first-order valence-corrected chi connectivity index (χ1v) is 8.03. The minimum absolute atomic E-state index is 0.260. The van der Waals surface area contributed by atoms with Gasteiger partial charge in [-0.25, -0.2) is 0 Å². The first-order valence-electron chi connectivity index (χ1n) is 8.03. The highest BCUT2D eigenvalue weighted by Crippen LogP contribution is 2.33. The summed E-state index contributed by atoms with van der Waals surface area (Å²) in [5, 5.41) is 3.80.